The van der Waals surface area contributed by atoms with Crippen LogP contribution in [-0.2, 0) is 0 Å². The van der Waals surface area contributed by atoms with Crippen LogP contribution in [0, 0.1) is 0 Å². The van der Waals surface area contributed by atoms with Crippen molar-refractivity contribution in [2.45, 2.75) is 4.90 Å². The third-order valence-electron chi connectivity index (χ3n) is 3.60. The van der Waals surface area contributed by atoms with Crippen molar-refractivity contribution in [1.82, 2.24) is 9.19 Å². The van der Waals surface area contributed by atoms with E-state index in [1.54, 1.807) is 6.20 Å². The van der Waals surface area contributed by atoms with E-state index in [2.05, 4.69) is 23.3 Å². The second-order valence-corrected chi connectivity index (χ2v) is 5.95. The van der Waals surface area contributed by atoms with Gasteiger partial charge in [0.05, 0.1) is 11.6 Å². The second kappa shape index (κ2) is 5.31. The fourth-order valence-electron chi connectivity index (χ4n) is 2.51. The summed E-state index contributed by atoms with van der Waals surface area (Å²) in [7, 11) is 0. The van der Waals surface area contributed by atoms with Crippen molar-refractivity contribution >= 4 is 33.5 Å². The van der Waals surface area contributed by atoms with Crippen LogP contribution in [0.15, 0.2) is 82.6 Å². The lowest BCUT2D eigenvalue weighted by atomic mass is 10.1. The molecule has 4 rings (SSSR count). The minimum Gasteiger partial charge on any atom is -0.266 e. The fourth-order valence-corrected chi connectivity index (χ4v) is 3.39. The summed E-state index contributed by atoms with van der Waals surface area (Å²) in [6.07, 6.45) is 1.73. The van der Waals surface area contributed by atoms with E-state index in [1.165, 1.54) is 16.0 Å². The molecule has 1 heterocycles. The molecule has 0 N–H and O–H groups in total. The molecule has 3 nitrogen and oxygen atoms in total. The fraction of sp³-hybridized carbons (Fsp3) is 0. The number of aromatic nitrogens is 2. The molecule has 0 spiro atoms. The molecule has 0 saturated heterocycles. The van der Waals surface area contributed by atoms with Crippen molar-refractivity contribution in [1.29, 1.82) is 0 Å². The molecule has 106 valence electrons. The van der Waals surface area contributed by atoms with E-state index >= 15 is 0 Å². The molecule has 0 atom stereocenters. The highest BCUT2D eigenvalue weighted by Gasteiger charge is 2.07. The smallest absolute Gasteiger partial charge is 0.266 e. The Morgan fingerprint density at radius 1 is 0.773 bits per heavy atom. The Balaban J connectivity index is 1.86. The van der Waals surface area contributed by atoms with Gasteiger partial charge in [-0.2, -0.15) is 9.19 Å². The normalized spacial score (nSPS) is 11.1. The summed E-state index contributed by atoms with van der Waals surface area (Å²) in [6, 6.07) is 21.7. The van der Waals surface area contributed by atoms with E-state index in [1.807, 2.05) is 48.5 Å². The van der Waals surface area contributed by atoms with Gasteiger partial charge in [0.15, 0.2) is 0 Å². The van der Waals surface area contributed by atoms with Gasteiger partial charge in [0, 0.05) is 22.2 Å². The highest BCUT2D eigenvalue weighted by atomic mass is 32.2. The molecular formula is C18H12N2OS. The van der Waals surface area contributed by atoms with Gasteiger partial charge in [-0.05, 0) is 22.9 Å². The van der Waals surface area contributed by atoms with Crippen LogP contribution in [0.4, 0.5) is 0 Å². The van der Waals surface area contributed by atoms with E-state index in [0.29, 0.717) is 5.39 Å². The van der Waals surface area contributed by atoms with Gasteiger partial charge >= 0.3 is 0 Å². The molecule has 1 aromatic heterocycles. The number of nitrogens with zero attached hydrogens (tertiary/aromatic N) is 2. The van der Waals surface area contributed by atoms with E-state index in [-0.39, 0.29) is 5.56 Å². The molecular weight excluding hydrogens is 292 g/mol. The summed E-state index contributed by atoms with van der Waals surface area (Å²) in [5.74, 6) is 0. The van der Waals surface area contributed by atoms with Crippen LogP contribution in [-0.4, -0.2) is 9.19 Å². The molecule has 0 saturated carbocycles. The number of benzene rings is 3. The van der Waals surface area contributed by atoms with Crippen molar-refractivity contribution in [2.24, 2.45) is 0 Å². The molecule has 22 heavy (non-hydrogen) atoms. The Morgan fingerprint density at radius 2 is 1.45 bits per heavy atom. The van der Waals surface area contributed by atoms with Crippen molar-refractivity contribution in [3.63, 3.8) is 0 Å². The van der Waals surface area contributed by atoms with Crippen molar-refractivity contribution in [3.05, 3.63) is 83.3 Å². The Morgan fingerprint density at radius 3 is 2.32 bits per heavy atom. The highest BCUT2D eigenvalue weighted by molar-refractivity contribution is 7.98. The van der Waals surface area contributed by atoms with E-state index in [9.17, 15) is 4.79 Å². The number of fused-ring (bicyclic) bond motifs is 2. The van der Waals surface area contributed by atoms with Crippen LogP contribution < -0.4 is 5.56 Å². The molecule has 0 aliphatic heterocycles. The minimum absolute atomic E-state index is 0.0870. The standard InChI is InChI=1S/C18H12N2OS/c21-18-16-10-4-2-7-14(16)12-19-20(18)22-17-11-5-8-13-6-1-3-9-15(13)17/h1-12H. The lowest BCUT2D eigenvalue weighted by Gasteiger charge is -2.07. The number of hydrogen-bond donors (Lipinski definition) is 0. The van der Waals surface area contributed by atoms with Crippen molar-refractivity contribution < 1.29 is 0 Å². The molecule has 3 aromatic carbocycles. The first-order valence-electron chi connectivity index (χ1n) is 6.96. The third kappa shape index (κ3) is 2.18. The molecule has 0 fully saturated rings. The molecule has 0 unspecified atom stereocenters. The lowest BCUT2D eigenvalue weighted by molar-refractivity contribution is 0.935. The summed E-state index contributed by atoms with van der Waals surface area (Å²) in [6.45, 7) is 0. The molecule has 0 amide bonds. The number of hydrogen-bond acceptors (Lipinski definition) is 3. The van der Waals surface area contributed by atoms with Gasteiger partial charge in [0.2, 0.25) is 0 Å². The van der Waals surface area contributed by atoms with Gasteiger partial charge in [-0.25, -0.2) is 0 Å². The Bertz CT molecular complexity index is 1030. The maximum Gasteiger partial charge on any atom is 0.285 e. The Hall–Kier alpha value is -2.59. The summed E-state index contributed by atoms with van der Waals surface area (Å²) in [4.78, 5) is 13.6. The number of rotatable bonds is 2. The first kappa shape index (κ1) is 13.1. The second-order valence-electron chi connectivity index (χ2n) is 4.98. The summed E-state index contributed by atoms with van der Waals surface area (Å²) >= 11 is 1.35. The molecule has 4 aromatic rings. The van der Waals surface area contributed by atoms with Crippen LogP contribution in [0.3, 0.4) is 0 Å². The monoisotopic (exact) mass is 304 g/mol. The minimum atomic E-state index is -0.0870. The molecule has 4 heteroatoms. The van der Waals surface area contributed by atoms with E-state index < -0.39 is 0 Å². The van der Waals surface area contributed by atoms with Gasteiger partial charge in [-0.1, -0.05) is 54.6 Å². The lowest BCUT2D eigenvalue weighted by Crippen LogP contribution is -2.17. The average Bonchev–Trinajstić information content (AvgIpc) is 2.58. The van der Waals surface area contributed by atoms with Crippen LogP contribution in [0.2, 0.25) is 0 Å². The maximum atomic E-state index is 12.5. The van der Waals surface area contributed by atoms with Crippen molar-refractivity contribution in [2.75, 3.05) is 0 Å². The van der Waals surface area contributed by atoms with Crippen LogP contribution in [0.25, 0.3) is 21.5 Å². The van der Waals surface area contributed by atoms with Crippen LogP contribution in [0.5, 0.6) is 0 Å². The van der Waals surface area contributed by atoms with Crippen LogP contribution in [0.1, 0.15) is 0 Å². The van der Waals surface area contributed by atoms with Crippen molar-refractivity contribution in [3.8, 4) is 0 Å². The van der Waals surface area contributed by atoms with Gasteiger partial charge in [0.25, 0.3) is 5.56 Å². The highest BCUT2D eigenvalue weighted by Crippen LogP contribution is 2.27. The predicted octanol–water partition coefficient (Wildman–Crippen LogP) is 4.11. The van der Waals surface area contributed by atoms with Crippen LogP contribution >= 0.6 is 11.9 Å². The van der Waals surface area contributed by atoms with Gasteiger partial charge in [-0.15, -0.1) is 0 Å². The molecule has 0 aliphatic rings. The summed E-state index contributed by atoms with van der Waals surface area (Å²) in [5, 5.41) is 8.10. The SMILES string of the molecule is O=c1c2ccccc2cnn1Sc1cccc2ccccc12. The molecule has 0 aliphatic carbocycles. The quantitative estimate of drug-likeness (QED) is 0.559. The molecule has 0 bridgehead atoms. The average molecular weight is 304 g/mol. The Labute approximate surface area is 131 Å². The first-order valence-corrected chi connectivity index (χ1v) is 7.73. The predicted molar refractivity (Wildman–Crippen MR) is 91.2 cm³/mol. The summed E-state index contributed by atoms with van der Waals surface area (Å²) in [5.41, 5.74) is -0.0870. The zero-order chi connectivity index (χ0) is 14.9. The zero-order valence-corrected chi connectivity index (χ0v) is 12.5. The topological polar surface area (TPSA) is 34.9 Å². The molecule has 0 radical (unpaired) electrons. The zero-order valence-electron chi connectivity index (χ0n) is 11.6. The third-order valence-corrected chi connectivity index (χ3v) is 4.59. The maximum absolute atomic E-state index is 12.5. The van der Waals surface area contributed by atoms with Gasteiger partial charge < -0.3 is 0 Å². The van der Waals surface area contributed by atoms with E-state index in [0.717, 1.165) is 21.1 Å². The van der Waals surface area contributed by atoms with Gasteiger partial charge in [-0.3, -0.25) is 4.79 Å². The van der Waals surface area contributed by atoms with Gasteiger partial charge in [0.1, 0.15) is 0 Å². The first-order chi connectivity index (χ1) is 10.8. The Kier molecular flexibility index (Phi) is 3.16. The summed E-state index contributed by atoms with van der Waals surface area (Å²) < 4.78 is 1.45. The largest absolute Gasteiger partial charge is 0.285 e. The van der Waals surface area contributed by atoms with E-state index in [4.69, 9.17) is 0 Å².